The zero-order valence-electron chi connectivity index (χ0n) is 11.9. The van der Waals surface area contributed by atoms with Crippen LogP contribution in [0, 0.1) is 0 Å². The number of aliphatic hydroxyl groups excluding tert-OH is 1. The Bertz CT molecular complexity index is 260. The maximum atomic E-state index is 11.5. The van der Waals surface area contributed by atoms with Gasteiger partial charge in [0.1, 0.15) is 6.10 Å². The summed E-state index contributed by atoms with van der Waals surface area (Å²) < 4.78 is 11.6. The van der Waals surface area contributed by atoms with Crippen LogP contribution in [0.3, 0.4) is 0 Å². The first-order chi connectivity index (χ1) is 8.55. The lowest BCUT2D eigenvalue weighted by Crippen LogP contribution is -2.42. The minimum atomic E-state index is -2.24. The molecule has 4 nitrogen and oxygen atoms in total. The predicted molar refractivity (Wildman–Crippen MR) is 74.7 cm³/mol. The lowest BCUT2D eigenvalue weighted by atomic mass is 10.2. The SMILES string of the molecule is CC=CC(=O)C(O)CC[Si](CC)(OCC)OCC. The van der Waals surface area contributed by atoms with E-state index in [2.05, 4.69) is 0 Å². The van der Waals surface area contributed by atoms with Crippen molar-refractivity contribution in [2.75, 3.05) is 13.2 Å². The molecule has 106 valence electrons. The predicted octanol–water partition coefficient (Wildman–Crippen LogP) is 2.42. The molecule has 18 heavy (non-hydrogen) atoms. The molecule has 5 heteroatoms. The summed E-state index contributed by atoms with van der Waals surface area (Å²) in [6, 6.07) is 1.48. The van der Waals surface area contributed by atoms with Gasteiger partial charge in [0, 0.05) is 13.2 Å². The van der Waals surface area contributed by atoms with Crippen molar-refractivity contribution < 1.29 is 18.8 Å². The molecule has 0 aliphatic rings. The van der Waals surface area contributed by atoms with E-state index in [1.807, 2.05) is 20.8 Å². The van der Waals surface area contributed by atoms with E-state index in [1.54, 1.807) is 13.0 Å². The smallest absolute Gasteiger partial charge is 0.337 e. The summed E-state index contributed by atoms with van der Waals surface area (Å²) in [5, 5.41) is 9.75. The molecule has 0 saturated carbocycles. The maximum Gasteiger partial charge on any atom is 0.337 e. The third-order valence-electron chi connectivity index (χ3n) is 2.81. The molecule has 0 aromatic heterocycles. The highest BCUT2D eigenvalue weighted by molar-refractivity contribution is 6.67. The Morgan fingerprint density at radius 2 is 1.83 bits per heavy atom. The largest absolute Gasteiger partial charge is 0.394 e. The van der Waals surface area contributed by atoms with E-state index < -0.39 is 14.7 Å². The summed E-state index contributed by atoms with van der Waals surface area (Å²) in [5.41, 5.74) is 0. The number of hydrogen-bond acceptors (Lipinski definition) is 4. The van der Waals surface area contributed by atoms with Crippen molar-refractivity contribution in [2.45, 2.75) is 52.3 Å². The molecule has 0 spiro atoms. The first-order valence-corrected chi connectivity index (χ1v) is 8.90. The van der Waals surface area contributed by atoms with Gasteiger partial charge in [-0.15, -0.1) is 0 Å². The summed E-state index contributed by atoms with van der Waals surface area (Å²) in [5.74, 6) is -0.246. The minimum absolute atomic E-state index is 0.246. The topological polar surface area (TPSA) is 55.8 Å². The van der Waals surface area contributed by atoms with Gasteiger partial charge in [-0.3, -0.25) is 4.79 Å². The Kier molecular flexibility index (Phi) is 9.18. The van der Waals surface area contributed by atoms with Gasteiger partial charge >= 0.3 is 8.56 Å². The van der Waals surface area contributed by atoms with E-state index in [0.29, 0.717) is 25.7 Å². The fraction of sp³-hybridized carbons (Fsp3) is 0.769. The Labute approximate surface area is 111 Å². The molecule has 0 rings (SSSR count). The molecule has 0 aromatic carbocycles. The number of carbonyl (C=O) groups excluding carboxylic acids is 1. The van der Waals surface area contributed by atoms with E-state index in [0.717, 1.165) is 6.04 Å². The fourth-order valence-electron chi connectivity index (χ4n) is 1.87. The lowest BCUT2D eigenvalue weighted by molar-refractivity contribution is -0.122. The fourth-order valence-corrected chi connectivity index (χ4v) is 4.77. The van der Waals surface area contributed by atoms with E-state index in [4.69, 9.17) is 8.85 Å². The quantitative estimate of drug-likeness (QED) is 0.491. The lowest BCUT2D eigenvalue weighted by Gasteiger charge is -2.29. The van der Waals surface area contributed by atoms with Crippen LogP contribution in [0.2, 0.25) is 12.1 Å². The van der Waals surface area contributed by atoms with Crippen molar-refractivity contribution in [1.82, 2.24) is 0 Å². The Hall–Kier alpha value is -0.493. The summed E-state index contributed by atoms with van der Waals surface area (Å²) in [4.78, 5) is 11.5. The number of rotatable bonds is 10. The highest BCUT2D eigenvalue weighted by Gasteiger charge is 2.35. The van der Waals surface area contributed by atoms with Gasteiger partial charge < -0.3 is 14.0 Å². The van der Waals surface area contributed by atoms with Crippen LogP contribution in [0.1, 0.15) is 34.1 Å². The number of allylic oxidation sites excluding steroid dienone is 1. The van der Waals surface area contributed by atoms with E-state index in [1.165, 1.54) is 6.08 Å². The second kappa shape index (κ2) is 9.44. The van der Waals surface area contributed by atoms with Crippen molar-refractivity contribution in [2.24, 2.45) is 0 Å². The Balaban J connectivity index is 4.45. The third-order valence-corrected chi connectivity index (χ3v) is 6.57. The van der Waals surface area contributed by atoms with Gasteiger partial charge in [-0.05, 0) is 45.4 Å². The van der Waals surface area contributed by atoms with E-state index in [9.17, 15) is 9.90 Å². The number of ketones is 1. The highest BCUT2D eigenvalue weighted by Crippen LogP contribution is 2.22. The first kappa shape index (κ1) is 17.5. The van der Waals surface area contributed by atoms with Gasteiger partial charge in [-0.25, -0.2) is 0 Å². The monoisotopic (exact) mass is 274 g/mol. The summed E-state index contributed by atoms with van der Waals surface area (Å²) in [6.07, 6.45) is 2.51. The van der Waals surface area contributed by atoms with Crippen LogP contribution in [0.4, 0.5) is 0 Å². The zero-order chi connectivity index (χ0) is 14.0. The molecule has 0 aromatic rings. The molecular weight excluding hydrogens is 248 g/mol. The zero-order valence-corrected chi connectivity index (χ0v) is 12.9. The van der Waals surface area contributed by atoms with Crippen molar-refractivity contribution in [3.8, 4) is 0 Å². The van der Waals surface area contributed by atoms with Crippen molar-refractivity contribution in [1.29, 1.82) is 0 Å². The van der Waals surface area contributed by atoms with Crippen LogP contribution >= 0.6 is 0 Å². The highest BCUT2D eigenvalue weighted by atomic mass is 28.4. The second-order valence-electron chi connectivity index (χ2n) is 4.09. The molecule has 0 amide bonds. The van der Waals surface area contributed by atoms with Crippen LogP contribution in [0.5, 0.6) is 0 Å². The number of carbonyl (C=O) groups is 1. The second-order valence-corrected chi connectivity index (χ2v) is 7.69. The van der Waals surface area contributed by atoms with Gasteiger partial charge in [0.25, 0.3) is 0 Å². The summed E-state index contributed by atoms with van der Waals surface area (Å²) >= 11 is 0. The van der Waals surface area contributed by atoms with Crippen LogP contribution < -0.4 is 0 Å². The molecule has 0 bridgehead atoms. The van der Waals surface area contributed by atoms with Gasteiger partial charge in [0.05, 0.1) is 0 Å². The summed E-state index contributed by atoms with van der Waals surface area (Å²) in [6.45, 7) is 8.90. The van der Waals surface area contributed by atoms with E-state index >= 15 is 0 Å². The van der Waals surface area contributed by atoms with Gasteiger partial charge in [0.15, 0.2) is 5.78 Å². The van der Waals surface area contributed by atoms with Crippen LogP contribution in [-0.2, 0) is 13.6 Å². The standard InChI is InChI=1S/C13H26O4Si/c1-5-9-12(14)13(15)10-11-18(8-4,16-6-2)17-7-3/h5,9,13,15H,6-8,10-11H2,1-4H3. The third kappa shape index (κ3) is 5.91. The molecule has 0 aliphatic carbocycles. The molecule has 0 heterocycles. The van der Waals surface area contributed by atoms with Crippen molar-refractivity contribution in [3.63, 3.8) is 0 Å². The number of hydrogen-bond donors (Lipinski definition) is 1. The molecule has 1 atom stereocenters. The molecular formula is C13H26O4Si. The molecule has 0 aliphatic heterocycles. The molecule has 1 unspecified atom stereocenters. The van der Waals surface area contributed by atoms with E-state index in [-0.39, 0.29) is 5.78 Å². The van der Waals surface area contributed by atoms with Gasteiger partial charge in [-0.1, -0.05) is 13.0 Å². The van der Waals surface area contributed by atoms with Crippen molar-refractivity contribution in [3.05, 3.63) is 12.2 Å². The molecule has 0 saturated heterocycles. The van der Waals surface area contributed by atoms with Crippen LogP contribution in [0.25, 0.3) is 0 Å². The molecule has 1 N–H and O–H groups in total. The van der Waals surface area contributed by atoms with Gasteiger partial charge in [0.2, 0.25) is 0 Å². The molecule has 0 fully saturated rings. The first-order valence-electron chi connectivity index (χ1n) is 6.67. The normalized spacial score (nSPS) is 14.1. The maximum absolute atomic E-state index is 11.5. The Morgan fingerprint density at radius 3 is 2.22 bits per heavy atom. The minimum Gasteiger partial charge on any atom is -0.394 e. The summed E-state index contributed by atoms with van der Waals surface area (Å²) in [7, 11) is -2.24. The average molecular weight is 274 g/mol. The molecule has 0 radical (unpaired) electrons. The Morgan fingerprint density at radius 1 is 1.28 bits per heavy atom. The van der Waals surface area contributed by atoms with Gasteiger partial charge in [-0.2, -0.15) is 0 Å². The van der Waals surface area contributed by atoms with Crippen LogP contribution in [0.15, 0.2) is 12.2 Å². The van der Waals surface area contributed by atoms with Crippen LogP contribution in [-0.4, -0.2) is 38.8 Å². The average Bonchev–Trinajstić information content (AvgIpc) is 2.36. The van der Waals surface area contributed by atoms with Crippen molar-refractivity contribution >= 4 is 14.3 Å². The number of aliphatic hydroxyl groups is 1.